The molecule has 1 amide bonds. The van der Waals surface area contributed by atoms with Gasteiger partial charge in [0.2, 0.25) is 5.91 Å². The first kappa shape index (κ1) is 13.9. The second kappa shape index (κ2) is 5.24. The molecule has 1 unspecified atom stereocenters. The summed E-state index contributed by atoms with van der Waals surface area (Å²) >= 11 is 0. The quantitative estimate of drug-likeness (QED) is 0.849. The van der Waals surface area contributed by atoms with E-state index in [1.165, 1.54) is 5.56 Å². The van der Waals surface area contributed by atoms with Crippen LogP contribution in [0, 0.1) is 5.41 Å². The summed E-state index contributed by atoms with van der Waals surface area (Å²) < 4.78 is 0. The summed E-state index contributed by atoms with van der Waals surface area (Å²) in [5.74, 6) is 0.0842. The monoisotopic (exact) mass is 260 g/mol. The number of nitrogens with one attached hydrogen (secondary N) is 2. The van der Waals surface area contributed by atoms with Crippen molar-refractivity contribution in [3.8, 4) is 0 Å². The molecule has 2 rings (SSSR count). The Kier molecular flexibility index (Phi) is 3.83. The first-order valence-electron chi connectivity index (χ1n) is 7.03. The van der Waals surface area contributed by atoms with E-state index in [9.17, 15) is 4.79 Å². The number of carbonyl (C=O) groups is 1. The molecule has 2 N–H and O–H groups in total. The molecule has 1 aromatic carbocycles. The molecular formula is C16H24N2O. The third-order valence-corrected chi connectivity index (χ3v) is 3.35. The summed E-state index contributed by atoms with van der Waals surface area (Å²) in [6.45, 7) is 8.41. The topological polar surface area (TPSA) is 41.1 Å². The van der Waals surface area contributed by atoms with Crippen LogP contribution in [0.2, 0.25) is 0 Å². The van der Waals surface area contributed by atoms with E-state index >= 15 is 0 Å². The summed E-state index contributed by atoms with van der Waals surface area (Å²) in [6.07, 6.45) is 2.76. The Hall–Kier alpha value is -1.51. The molecule has 1 aliphatic rings. The third kappa shape index (κ3) is 3.72. The van der Waals surface area contributed by atoms with Crippen LogP contribution in [0.1, 0.15) is 46.1 Å². The molecule has 19 heavy (non-hydrogen) atoms. The molecule has 1 aromatic rings. The zero-order valence-electron chi connectivity index (χ0n) is 12.3. The Labute approximate surface area is 115 Å². The van der Waals surface area contributed by atoms with E-state index < -0.39 is 0 Å². The fraction of sp³-hybridized carbons (Fsp3) is 0.562. The molecule has 1 heterocycles. The molecule has 0 spiro atoms. The number of aryl methyl sites for hydroxylation is 1. The van der Waals surface area contributed by atoms with Crippen LogP contribution in [0.5, 0.6) is 0 Å². The smallest absolute Gasteiger partial charge is 0.224 e. The van der Waals surface area contributed by atoms with Crippen LogP contribution in [0.25, 0.3) is 0 Å². The van der Waals surface area contributed by atoms with E-state index in [1.54, 1.807) is 0 Å². The fourth-order valence-corrected chi connectivity index (χ4v) is 2.45. The second-order valence-corrected chi connectivity index (χ2v) is 6.71. The normalized spacial score (nSPS) is 18.4. The van der Waals surface area contributed by atoms with E-state index in [1.807, 2.05) is 12.1 Å². The van der Waals surface area contributed by atoms with Crippen LogP contribution in [0.4, 0.5) is 11.4 Å². The molecule has 0 fully saturated rings. The first-order valence-corrected chi connectivity index (χ1v) is 7.03. The molecule has 0 radical (unpaired) electrons. The summed E-state index contributed by atoms with van der Waals surface area (Å²) in [5, 5.41) is 6.53. The van der Waals surface area contributed by atoms with Crippen molar-refractivity contribution in [3.05, 3.63) is 23.8 Å². The van der Waals surface area contributed by atoms with Crippen molar-refractivity contribution in [2.75, 3.05) is 10.6 Å². The number of hydrogen-bond acceptors (Lipinski definition) is 2. The van der Waals surface area contributed by atoms with Gasteiger partial charge in [-0.15, -0.1) is 0 Å². The highest BCUT2D eigenvalue weighted by Gasteiger charge is 2.20. The lowest BCUT2D eigenvalue weighted by molar-refractivity contribution is -0.117. The number of amides is 1. The Bertz CT molecular complexity index is 474. The number of fused-ring (bicyclic) bond motifs is 1. The number of carbonyl (C=O) groups excluding carboxylic acids is 1. The zero-order valence-corrected chi connectivity index (χ0v) is 12.3. The lowest BCUT2D eigenvalue weighted by atomic mass is 9.92. The fourth-order valence-electron chi connectivity index (χ4n) is 2.45. The van der Waals surface area contributed by atoms with E-state index in [0.717, 1.165) is 24.2 Å². The Morgan fingerprint density at radius 3 is 2.84 bits per heavy atom. The van der Waals surface area contributed by atoms with Gasteiger partial charge in [-0.05, 0) is 36.8 Å². The molecule has 0 aliphatic carbocycles. The molecule has 0 aromatic heterocycles. The number of rotatable bonds is 2. The van der Waals surface area contributed by atoms with Gasteiger partial charge < -0.3 is 10.6 Å². The summed E-state index contributed by atoms with van der Waals surface area (Å²) in [6, 6.07) is 6.59. The number of anilines is 2. The first-order chi connectivity index (χ1) is 8.85. The summed E-state index contributed by atoms with van der Waals surface area (Å²) in [5.41, 5.74) is 3.33. The van der Waals surface area contributed by atoms with E-state index in [4.69, 9.17) is 0 Å². The van der Waals surface area contributed by atoms with Gasteiger partial charge in [-0.1, -0.05) is 32.9 Å². The van der Waals surface area contributed by atoms with Crippen LogP contribution < -0.4 is 10.6 Å². The minimum atomic E-state index is 0.0135. The predicted octanol–water partition coefficient (Wildman–Crippen LogP) is 3.81. The van der Waals surface area contributed by atoms with Crippen molar-refractivity contribution >= 4 is 17.3 Å². The maximum absolute atomic E-state index is 12.1. The highest BCUT2D eigenvalue weighted by Crippen LogP contribution is 2.32. The number of hydrogen-bond donors (Lipinski definition) is 2. The van der Waals surface area contributed by atoms with Crippen molar-refractivity contribution < 1.29 is 4.79 Å². The van der Waals surface area contributed by atoms with Crippen LogP contribution in [-0.2, 0) is 11.2 Å². The largest absolute Gasteiger partial charge is 0.381 e. The molecule has 104 valence electrons. The van der Waals surface area contributed by atoms with Gasteiger partial charge in [0.1, 0.15) is 0 Å². The van der Waals surface area contributed by atoms with Crippen molar-refractivity contribution in [2.24, 2.45) is 5.41 Å². The highest BCUT2D eigenvalue weighted by molar-refractivity contribution is 5.95. The Balaban J connectivity index is 2.15. The van der Waals surface area contributed by atoms with Crippen molar-refractivity contribution in [1.82, 2.24) is 0 Å². The van der Waals surface area contributed by atoms with Crippen molar-refractivity contribution in [1.29, 1.82) is 0 Å². The van der Waals surface area contributed by atoms with E-state index in [-0.39, 0.29) is 11.3 Å². The van der Waals surface area contributed by atoms with E-state index in [2.05, 4.69) is 44.4 Å². The van der Waals surface area contributed by atoms with Gasteiger partial charge in [-0.3, -0.25) is 4.79 Å². The average molecular weight is 260 g/mol. The Morgan fingerprint density at radius 2 is 2.16 bits per heavy atom. The standard InChI is InChI=1S/C16H24N2O/c1-11-8-9-12-6-5-7-13(15(12)17-11)18-14(19)10-16(2,3)4/h5-7,11,17H,8-10H2,1-4H3,(H,18,19). The van der Waals surface area contributed by atoms with Gasteiger partial charge in [0, 0.05) is 12.5 Å². The maximum Gasteiger partial charge on any atom is 0.224 e. The Morgan fingerprint density at radius 1 is 1.42 bits per heavy atom. The van der Waals surface area contributed by atoms with E-state index in [0.29, 0.717) is 12.5 Å². The number of para-hydroxylation sites is 1. The van der Waals surface area contributed by atoms with Crippen LogP contribution in [0.15, 0.2) is 18.2 Å². The molecule has 0 bridgehead atoms. The van der Waals surface area contributed by atoms with Gasteiger partial charge in [0.15, 0.2) is 0 Å². The predicted molar refractivity (Wildman–Crippen MR) is 80.5 cm³/mol. The lowest BCUT2D eigenvalue weighted by Gasteiger charge is -2.27. The molecule has 3 heteroatoms. The van der Waals surface area contributed by atoms with Crippen molar-refractivity contribution in [3.63, 3.8) is 0 Å². The van der Waals surface area contributed by atoms with Crippen molar-refractivity contribution in [2.45, 2.75) is 53.0 Å². The lowest BCUT2D eigenvalue weighted by Crippen LogP contribution is -2.25. The van der Waals surface area contributed by atoms with Crippen LogP contribution in [-0.4, -0.2) is 11.9 Å². The second-order valence-electron chi connectivity index (χ2n) is 6.71. The molecule has 1 atom stereocenters. The molecule has 0 saturated heterocycles. The van der Waals surface area contributed by atoms with Gasteiger partial charge in [0.25, 0.3) is 0 Å². The highest BCUT2D eigenvalue weighted by atomic mass is 16.1. The molecule has 1 aliphatic heterocycles. The average Bonchev–Trinajstić information content (AvgIpc) is 2.27. The third-order valence-electron chi connectivity index (χ3n) is 3.35. The molecule has 3 nitrogen and oxygen atoms in total. The zero-order chi connectivity index (χ0) is 14.0. The minimum absolute atomic E-state index is 0.0135. The van der Waals surface area contributed by atoms with Gasteiger partial charge >= 0.3 is 0 Å². The number of benzene rings is 1. The molecule has 0 saturated carbocycles. The van der Waals surface area contributed by atoms with Gasteiger partial charge in [-0.2, -0.15) is 0 Å². The summed E-state index contributed by atoms with van der Waals surface area (Å²) in [7, 11) is 0. The molecular weight excluding hydrogens is 236 g/mol. The minimum Gasteiger partial charge on any atom is -0.381 e. The summed E-state index contributed by atoms with van der Waals surface area (Å²) in [4.78, 5) is 12.1. The van der Waals surface area contributed by atoms with Crippen LogP contribution in [0.3, 0.4) is 0 Å². The van der Waals surface area contributed by atoms with Gasteiger partial charge in [-0.25, -0.2) is 0 Å². The van der Waals surface area contributed by atoms with Crippen LogP contribution >= 0.6 is 0 Å². The maximum atomic E-state index is 12.1. The SMILES string of the molecule is CC1CCc2cccc(NC(=O)CC(C)(C)C)c2N1. The van der Waals surface area contributed by atoms with Gasteiger partial charge in [0.05, 0.1) is 11.4 Å².